The van der Waals surface area contributed by atoms with Gasteiger partial charge in [0.05, 0.1) is 16.8 Å². The molecule has 0 saturated carbocycles. The van der Waals surface area contributed by atoms with Gasteiger partial charge in [0.2, 0.25) is 0 Å². The molecule has 0 atom stereocenters. The largest absolute Gasteiger partial charge is 0.384 e. The summed E-state index contributed by atoms with van der Waals surface area (Å²) in [7, 11) is -3.64. The predicted molar refractivity (Wildman–Crippen MR) is 109 cm³/mol. The standard InChI is InChI=1S/C21H23N3O2S/c1-17-8-5-6-12-20(17)27(25,26)24-21-14-13-19(16-23-21)22-15-7-11-18-9-3-2-4-10-18/h2-6,8-10,12-14,16,22H,7,11,15H2,1H3,(H,23,24). The zero-order chi connectivity index (χ0) is 19.1. The van der Waals surface area contributed by atoms with Crippen molar-refractivity contribution in [2.75, 3.05) is 16.6 Å². The highest BCUT2D eigenvalue weighted by Gasteiger charge is 2.16. The van der Waals surface area contributed by atoms with Crippen LogP contribution in [0.4, 0.5) is 11.5 Å². The van der Waals surface area contributed by atoms with Gasteiger partial charge in [0.1, 0.15) is 5.82 Å². The van der Waals surface area contributed by atoms with Crippen LogP contribution in [0.15, 0.2) is 77.8 Å². The zero-order valence-corrected chi connectivity index (χ0v) is 16.0. The minimum absolute atomic E-state index is 0.259. The zero-order valence-electron chi connectivity index (χ0n) is 15.2. The molecule has 0 aliphatic rings. The number of hydrogen-bond acceptors (Lipinski definition) is 4. The molecule has 0 unspecified atom stereocenters. The SMILES string of the molecule is Cc1ccccc1S(=O)(=O)Nc1ccc(NCCCc2ccccc2)cn1. The molecule has 0 saturated heterocycles. The number of benzene rings is 2. The Morgan fingerprint density at radius 3 is 2.37 bits per heavy atom. The quantitative estimate of drug-likeness (QED) is 0.573. The molecule has 3 aromatic rings. The topological polar surface area (TPSA) is 71.1 Å². The molecule has 0 bridgehead atoms. The van der Waals surface area contributed by atoms with Crippen LogP contribution in [0.5, 0.6) is 0 Å². The second-order valence-corrected chi connectivity index (χ2v) is 7.97. The van der Waals surface area contributed by atoms with Gasteiger partial charge >= 0.3 is 0 Å². The third-order valence-electron chi connectivity index (χ3n) is 4.20. The Labute approximate surface area is 160 Å². The fourth-order valence-corrected chi connectivity index (χ4v) is 4.03. The molecular weight excluding hydrogens is 358 g/mol. The summed E-state index contributed by atoms with van der Waals surface area (Å²) >= 11 is 0. The van der Waals surface area contributed by atoms with E-state index in [1.54, 1.807) is 37.4 Å². The normalized spacial score (nSPS) is 11.1. The van der Waals surface area contributed by atoms with Crippen molar-refractivity contribution in [2.45, 2.75) is 24.7 Å². The first kappa shape index (κ1) is 18.9. The van der Waals surface area contributed by atoms with Crippen LogP contribution in [0, 0.1) is 6.92 Å². The Balaban J connectivity index is 1.53. The summed E-state index contributed by atoms with van der Waals surface area (Å²) in [6.45, 7) is 2.59. The molecule has 0 spiro atoms. The van der Waals surface area contributed by atoms with Crippen molar-refractivity contribution < 1.29 is 8.42 Å². The molecule has 0 radical (unpaired) electrons. The number of nitrogens with zero attached hydrogens (tertiary/aromatic N) is 1. The summed E-state index contributed by atoms with van der Waals surface area (Å²) < 4.78 is 27.5. The molecule has 27 heavy (non-hydrogen) atoms. The van der Waals surface area contributed by atoms with Crippen LogP contribution in [0.3, 0.4) is 0 Å². The van der Waals surface area contributed by atoms with Crippen molar-refractivity contribution in [1.82, 2.24) is 4.98 Å². The lowest BCUT2D eigenvalue weighted by Gasteiger charge is -2.10. The third-order valence-corrected chi connectivity index (χ3v) is 5.71. The van der Waals surface area contributed by atoms with Crippen LogP contribution >= 0.6 is 0 Å². The highest BCUT2D eigenvalue weighted by atomic mass is 32.2. The Morgan fingerprint density at radius 1 is 0.926 bits per heavy atom. The van der Waals surface area contributed by atoms with Crippen LogP contribution in [-0.4, -0.2) is 19.9 Å². The first-order valence-corrected chi connectivity index (χ1v) is 10.4. The minimum atomic E-state index is -3.64. The molecule has 0 fully saturated rings. The molecule has 1 aromatic heterocycles. The van der Waals surface area contributed by atoms with E-state index in [-0.39, 0.29) is 4.90 Å². The van der Waals surface area contributed by atoms with Crippen molar-refractivity contribution in [3.63, 3.8) is 0 Å². The third kappa shape index (κ3) is 5.31. The molecule has 0 aliphatic carbocycles. The monoisotopic (exact) mass is 381 g/mol. The second-order valence-electron chi connectivity index (χ2n) is 6.32. The van der Waals surface area contributed by atoms with Crippen molar-refractivity contribution in [2.24, 2.45) is 0 Å². The van der Waals surface area contributed by atoms with Crippen LogP contribution in [-0.2, 0) is 16.4 Å². The van der Waals surface area contributed by atoms with E-state index in [0.717, 1.165) is 25.1 Å². The number of rotatable bonds is 8. The van der Waals surface area contributed by atoms with Gasteiger partial charge in [-0.25, -0.2) is 13.4 Å². The van der Waals surface area contributed by atoms with Gasteiger partial charge in [-0.1, -0.05) is 48.5 Å². The maximum absolute atomic E-state index is 12.5. The summed E-state index contributed by atoms with van der Waals surface area (Å²) in [4.78, 5) is 4.46. The number of aryl methyl sites for hydroxylation is 2. The highest BCUT2D eigenvalue weighted by Crippen LogP contribution is 2.18. The summed E-state index contributed by atoms with van der Waals surface area (Å²) in [5, 5.41) is 3.31. The minimum Gasteiger partial charge on any atom is -0.384 e. The number of hydrogen-bond donors (Lipinski definition) is 2. The van der Waals surface area contributed by atoms with E-state index in [9.17, 15) is 8.42 Å². The van der Waals surface area contributed by atoms with Gasteiger partial charge in [-0.3, -0.25) is 4.72 Å². The average molecular weight is 382 g/mol. The Hall–Kier alpha value is -2.86. The lowest BCUT2D eigenvalue weighted by molar-refractivity contribution is 0.600. The molecule has 0 aliphatic heterocycles. The van der Waals surface area contributed by atoms with Gasteiger partial charge in [-0.2, -0.15) is 0 Å². The number of sulfonamides is 1. The van der Waals surface area contributed by atoms with E-state index in [1.807, 2.05) is 30.3 Å². The average Bonchev–Trinajstić information content (AvgIpc) is 2.67. The molecule has 2 aromatic carbocycles. The number of aromatic nitrogens is 1. The Kier molecular flexibility index (Phi) is 6.08. The van der Waals surface area contributed by atoms with Gasteiger partial charge in [0.25, 0.3) is 10.0 Å². The highest BCUT2D eigenvalue weighted by molar-refractivity contribution is 7.92. The molecule has 3 rings (SSSR count). The number of pyridine rings is 1. The van der Waals surface area contributed by atoms with Crippen molar-refractivity contribution in [3.05, 3.63) is 84.1 Å². The molecule has 0 amide bonds. The molecular formula is C21H23N3O2S. The smallest absolute Gasteiger partial charge is 0.263 e. The molecule has 2 N–H and O–H groups in total. The predicted octanol–water partition coefficient (Wildman–Crippen LogP) is 4.24. The van der Waals surface area contributed by atoms with Crippen molar-refractivity contribution >= 4 is 21.5 Å². The van der Waals surface area contributed by atoms with Gasteiger partial charge in [0, 0.05) is 6.54 Å². The molecule has 140 valence electrons. The van der Waals surface area contributed by atoms with Crippen molar-refractivity contribution in [3.8, 4) is 0 Å². The first-order chi connectivity index (χ1) is 13.0. The van der Waals surface area contributed by atoms with E-state index in [0.29, 0.717) is 11.4 Å². The Morgan fingerprint density at radius 2 is 1.67 bits per heavy atom. The summed E-state index contributed by atoms with van der Waals surface area (Å²) in [6, 6.07) is 20.7. The van der Waals surface area contributed by atoms with E-state index >= 15 is 0 Å². The van der Waals surface area contributed by atoms with E-state index in [1.165, 1.54) is 5.56 Å². The van der Waals surface area contributed by atoms with E-state index < -0.39 is 10.0 Å². The molecule has 5 nitrogen and oxygen atoms in total. The molecule has 1 heterocycles. The van der Waals surface area contributed by atoms with Gasteiger partial charge < -0.3 is 5.32 Å². The van der Waals surface area contributed by atoms with E-state index in [2.05, 4.69) is 27.2 Å². The summed E-state index contributed by atoms with van der Waals surface area (Å²) in [6.07, 6.45) is 3.65. The number of anilines is 2. The fourth-order valence-electron chi connectivity index (χ4n) is 2.78. The lowest BCUT2D eigenvalue weighted by atomic mass is 10.1. The van der Waals surface area contributed by atoms with Crippen LogP contribution in [0.2, 0.25) is 0 Å². The van der Waals surface area contributed by atoms with Gasteiger partial charge in [-0.05, 0) is 49.1 Å². The van der Waals surface area contributed by atoms with Crippen LogP contribution in [0.1, 0.15) is 17.5 Å². The van der Waals surface area contributed by atoms with Crippen LogP contribution < -0.4 is 10.0 Å². The second kappa shape index (κ2) is 8.68. The molecule has 6 heteroatoms. The van der Waals surface area contributed by atoms with Gasteiger partial charge in [0.15, 0.2) is 0 Å². The summed E-state index contributed by atoms with van der Waals surface area (Å²) in [5.74, 6) is 0.299. The van der Waals surface area contributed by atoms with Crippen LogP contribution in [0.25, 0.3) is 0 Å². The first-order valence-electron chi connectivity index (χ1n) is 8.87. The maximum atomic E-state index is 12.5. The lowest BCUT2D eigenvalue weighted by Crippen LogP contribution is -2.15. The fraction of sp³-hybridized carbons (Fsp3) is 0.190. The van der Waals surface area contributed by atoms with Gasteiger partial charge in [-0.15, -0.1) is 0 Å². The van der Waals surface area contributed by atoms with E-state index in [4.69, 9.17) is 0 Å². The summed E-state index contributed by atoms with van der Waals surface area (Å²) in [5.41, 5.74) is 2.88. The number of nitrogens with one attached hydrogen (secondary N) is 2. The van der Waals surface area contributed by atoms with Crippen molar-refractivity contribution in [1.29, 1.82) is 0 Å². The Bertz CT molecular complexity index is 972. The maximum Gasteiger partial charge on any atom is 0.263 e.